The van der Waals surface area contributed by atoms with E-state index >= 15 is 0 Å². The molecule has 3 heterocycles. The Morgan fingerprint density at radius 1 is 0.919 bits per heavy atom. The van der Waals surface area contributed by atoms with E-state index < -0.39 is 66.2 Å². The Labute approximate surface area is 368 Å². The zero-order valence-electron chi connectivity index (χ0n) is 38.0. The van der Waals surface area contributed by atoms with Gasteiger partial charge in [-0.05, 0) is 114 Å². The number of fused-ring (bicyclic) bond motifs is 3. The predicted molar refractivity (Wildman–Crippen MR) is 235 cm³/mol. The fourth-order valence-electron chi connectivity index (χ4n) is 9.46. The second-order valence-corrected chi connectivity index (χ2v) is 18.5. The fourth-order valence-corrected chi connectivity index (χ4v) is 9.46. The van der Waals surface area contributed by atoms with Crippen molar-refractivity contribution in [3.05, 3.63) is 47.6 Å². The molecule has 14 heteroatoms. The average molecular weight is 870 g/mol. The number of rotatable bonds is 7. The quantitative estimate of drug-likeness (QED) is 0.133. The number of esters is 1. The topological polar surface area (TPSA) is 218 Å². The van der Waals surface area contributed by atoms with E-state index in [1.54, 1.807) is 20.1 Å². The number of amides is 2. The molecule has 14 nitrogen and oxygen atoms in total. The lowest BCUT2D eigenvalue weighted by molar-refractivity contribution is -0.168. The van der Waals surface area contributed by atoms with Crippen molar-refractivity contribution in [1.29, 1.82) is 0 Å². The lowest BCUT2D eigenvalue weighted by Gasteiger charge is -2.37. The van der Waals surface area contributed by atoms with E-state index in [9.17, 15) is 34.2 Å². The van der Waals surface area contributed by atoms with Crippen LogP contribution in [0.2, 0.25) is 0 Å². The largest absolute Gasteiger partial charge is 0.460 e. The van der Waals surface area contributed by atoms with Crippen LogP contribution in [0.5, 0.6) is 0 Å². The third kappa shape index (κ3) is 15.5. The molecule has 1 aliphatic carbocycles. The van der Waals surface area contributed by atoms with Crippen molar-refractivity contribution in [3.63, 3.8) is 0 Å². The number of aliphatic hydroxyl groups is 2. The summed E-state index contributed by atoms with van der Waals surface area (Å²) < 4.78 is 23.5. The highest BCUT2D eigenvalue weighted by Crippen LogP contribution is 2.32. The number of ketones is 2. The molecule has 11 atom stereocenters. The number of cyclic esters (lactones) is 1. The number of allylic oxidation sites excluding steroid dienone is 5. The molecule has 2 saturated heterocycles. The Morgan fingerprint density at radius 3 is 2.34 bits per heavy atom. The van der Waals surface area contributed by atoms with E-state index in [-0.39, 0.29) is 61.2 Å². The van der Waals surface area contributed by atoms with Crippen molar-refractivity contribution in [2.24, 2.45) is 35.1 Å². The van der Waals surface area contributed by atoms with Crippen molar-refractivity contribution < 1.29 is 53.1 Å². The molecule has 348 valence electrons. The lowest BCUT2D eigenvalue weighted by atomic mass is 9.81. The van der Waals surface area contributed by atoms with Crippen molar-refractivity contribution in [2.75, 3.05) is 13.7 Å². The van der Waals surface area contributed by atoms with Crippen LogP contribution in [0.25, 0.3) is 0 Å². The molecule has 0 radical (unpaired) electrons. The minimum Gasteiger partial charge on any atom is -0.460 e. The Bertz CT molecular complexity index is 1630. The SMILES string of the molecule is CO[C@H]1C[C@@H]2CCCC(O2)C(=O)C(=O)N2CCCC[C@H]2C(=O)OC(CC(O)[C@H](N)CC2CCC(OC(N)=O)CC2)C(C)/C=C(\C)[C@@H](O)CC(=O)[C@H](C)C[C@H](C)/C=C/C=C/C=C1C. The number of Topliss-reactive ketones (excluding diaryl/α,β-unsaturated/α-hetero) is 2. The van der Waals surface area contributed by atoms with E-state index in [0.29, 0.717) is 76.2 Å². The maximum atomic E-state index is 14.2. The van der Waals surface area contributed by atoms with Crippen LogP contribution in [0.15, 0.2) is 47.6 Å². The first-order valence-electron chi connectivity index (χ1n) is 23.0. The minimum absolute atomic E-state index is 0.0291. The van der Waals surface area contributed by atoms with E-state index in [4.69, 9.17) is 30.4 Å². The van der Waals surface area contributed by atoms with Crippen LogP contribution in [0, 0.1) is 23.7 Å². The van der Waals surface area contributed by atoms with Gasteiger partial charge in [0.1, 0.15) is 30.1 Å². The van der Waals surface area contributed by atoms with Crippen molar-refractivity contribution in [2.45, 2.75) is 186 Å². The second kappa shape index (κ2) is 25.0. The highest BCUT2D eigenvalue weighted by atomic mass is 16.6. The van der Waals surface area contributed by atoms with Crippen LogP contribution in [0.4, 0.5) is 4.79 Å². The Hall–Kier alpha value is -3.69. The van der Waals surface area contributed by atoms with E-state index in [1.807, 2.05) is 58.1 Å². The summed E-state index contributed by atoms with van der Waals surface area (Å²) in [7, 11) is 1.64. The van der Waals surface area contributed by atoms with Gasteiger partial charge in [-0.3, -0.25) is 14.4 Å². The third-order valence-corrected chi connectivity index (χ3v) is 13.4. The summed E-state index contributed by atoms with van der Waals surface area (Å²) in [6, 6.07) is -1.68. The Kier molecular flexibility index (Phi) is 20.5. The van der Waals surface area contributed by atoms with Gasteiger partial charge in [0.05, 0.1) is 24.4 Å². The minimum atomic E-state index is -1.08. The highest BCUT2D eigenvalue weighted by Gasteiger charge is 2.42. The molecule has 4 rings (SSSR count). The number of primary amides is 1. The van der Waals surface area contributed by atoms with Gasteiger partial charge < -0.3 is 45.5 Å². The monoisotopic (exact) mass is 870 g/mol. The molecular formula is C48H75N3O11. The summed E-state index contributed by atoms with van der Waals surface area (Å²) in [5.74, 6) is -2.76. The Morgan fingerprint density at radius 2 is 1.65 bits per heavy atom. The zero-order valence-corrected chi connectivity index (χ0v) is 38.0. The van der Waals surface area contributed by atoms with Gasteiger partial charge in [0.15, 0.2) is 0 Å². The number of carbonyl (C=O) groups excluding carboxylic acids is 5. The molecule has 3 aliphatic heterocycles. The molecule has 3 fully saturated rings. The van der Waals surface area contributed by atoms with Crippen LogP contribution in [0.1, 0.15) is 131 Å². The van der Waals surface area contributed by atoms with Gasteiger partial charge in [-0.2, -0.15) is 0 Å². The normalized spacial score (nSPS) is 36.1. The summed E-state index contributed by atoms with van der Waals surface area (Å²) in [5.41, 5.74) is 13.3. The molecule has 0 aromatic rings. The summed E-state index contributed by atoms with van der Waals surface area (Å²) >= 11 is 0. The molecule has 4 unspecified atom stereocenters. The zero-order chi connectivity index (χ0) is 45.5. The smallest absolute Gasteiger partial charge is 0.404 e. The van der Waals surface area contributed by atoms with E-state index in [1.165, 1.54) is 4.90 Å². The second-order valence-electron chi connectivity index (χ2n) is 18.5. The van der Waals surface area contributed by atoms with Crippen LogP contribution in [-0.2, 0) is 38.1 Å². The molecule has 0 aromatic carbocycles. The van der Waals surface area contributed by atoms with Crippen molar-refractivity contribution >= 4 is 29.5 Å². The first-order chi connectivity index (χ1) is 29.5. The van der Waals surface area contributed by atoms with Gasteiger partial charge in [0, 0.05) is 50.8 Å². The number of ether oxygens (including phenoxy) is 4. The fraction of sp³-hybridized carbons (Fsp3) is 0.729. The number of carbonyl (C=O) groups is 5. The van der Waals surface area contributed by atoms with Crippen LogP contribution >= 0.6 is 0 Å². The molecule has 1 saturated carbocycles. The number of hydrogen-bond acceptors (Lipinski definition) is 12. The summed E-state index contributed by atoms with van der Waals surface area (Å²) in [6.07, 6.45) is 13.6. The van der Waals surface area contributed by atoms with Gasteiger partial charge in [-0.15, -0.1) is 0 Å². The lowest BCUT2D eigenvalue weighted by Crippen LogP contribution is -2.54. The standard InChI is InChI=1S/C48H75N3O11/c1-29-13-8-7-9-14-30(2)43(59-6)26-36-15-12-17-42(60-36)45(55)46(56)51-22-11-10-16-38(51)47(57)62-44(33(5)24-32(4)40(53)27-39(52)31(3)23-29)28-41(54)37(49)25-34-18-20-35(21-19-34)61-48(50)58/h7-9,13-14,24,29,31,33-38,40-44,53-54H,10-12,15-23,25-28,49H2,1-6H3,(H2,50,58)/b9-7+,13-8+,30-14?,32-24+/t29-,31-,33?,34?,35?,36+,37-,38+,40+,41?,42?,43+,44?/m1/s1. The van der Waals surface area contributed by atoms with Gasteiger partial charge >= 0.3 is 12.1 Å². The number of nitrogens with zero attached hydrogens (tertiary/aromatic N) is 1. The predicted octanol–water partition coefficient (Wildman–Crippen LogP) is 5.95. The van der Waals surface area contributed by atoms with Gasteiger partial charge in [-0.25, -0.2) is 9.59 Å². The van der Waals surface area contributed by atoms with E-state index in [2.05, 4.69) is 0 Å². The number of nitrogens with two attached hydrogens (primary N) is 2. The molecule has 2 bridgehead atoms. The summed E-state index contributed by atoms with van der Waals surface area (Å²) in [6.45, 7) is 9.64. The molecule has 6 N–H and O–H groups in total. The van der Waals surface area contributed by atoms with Crippen LogP contribution < -0.4 is 11.5 Å². The third-order valence-electron chi connectivity index (χ3n) is 13.4. The molecule has 4 aliphatic rings. The van der Waals surface area contributed by atoms with Gasteiger partial charge in [0.2, 0.25) is 5.78 Å². The van der Waals surface area contributed by atoms with Gasteiger partial charge in [0.25, 0.3) is 5.91 Å². The average Bonchev–Trinajstić information content (AvgIpc) is 3.24. The van der Waals surface area contributed by atoms with Crippen LogP contribution in [-0.4, -0.2) is 113 Å². The first-order valence-corrected chi connectivity index (χ1v) is 23.0. The first kappa shape index (κ1) is 50.9. The van der Waals surface area contributed by atoms with Crippen molar-refractivity contribution in [1.82, 2.24) is 4.90 Å². The Balaban J connectivity index is 1.59. The molecule has 2 amide bonds. The molecule has 0 aromatic heterocycles. The number of aliphatic hydroxyl groups excluding tert-OH is 2. The van der Waals surface area contributed by atoms with Gasteiger partial charge in [-0.1, -0.05) is 57.2 Å². The number of hydrogen-bond donors (Lipinski definition) is 4. The summed E-state index contributed by atoms with van der Waals surface area (Å²) in [5, 5.41) is 22.8. The maximum absolute atomic E-state index is 14.2. The maximum Gasteiger partial charge on any atom is 0.404 e. The molecule has 0 spiro atoms. The van der Waals surface area contributed by atoms with Crippen molar-refractivity contribution in [3.8, 4) is 0 Å². The molecule has 62 heavy (non-hydrogen) atoms. The number of methoxy groups -OCH3 is 1. The molecular weight excluding hydrogens is 795 g/mol. The van der Waals surface area contributed by atoms with E-state index in [0.717, 1.165) is 18.4 Å². The highest BCUT2D eigenvalue weighted by molar-refractivity contribution is 6.38. The number of piperidine rings is 1. The summed E-state index contributed by atoms with van der Waals surface area (Å²) in [4.78, 5) is 68.0. The van der Waals surface area contributed by atoms with Crippen LogP contribution in [0.3, 0.4) is 0 Å².